The van der Waals surface area contributed by atoms with Crippen LogP contribution in [0, 0.1) is 16.0 Å². The molecule has 0 saturated carbocycles. The average molecular weight is 477 g/mol. The molecule has 0 unspecified atom stereocenters. The normalized spacial score (nSPS) is 15.5. The highest BCUT2D eigenvalue weighted by molar-refractivity contribution is 7.89. The lowest BCUT2D eigenvalue weighted by Gasteiger charge is -2.30. The third kappa shape index (κ3) is 4.42. The number of aromatic nitrogens is 1. The van der Waals surface area contributed by atoms with Gasteiger partial charge >= 0.3 is 0 Å². The van der Waals surface area contributed by atoms with E-state index in [0.29, 0.717) is 33.9 Å². The van der Waals surface area contributed by atoms with Gasteiger partial charge < -0.3 is 10.1 Å². The second kappa shape index (κ2) is 8.81. The van der Waals surface area contributed by atoms with E-state index in [-0.39, 0.29) is 35.5 Å². The predicted octanol–water partition coefficient (Wildman–Crippen LogP) is 3.25. The van der Waals surface area contributed by atoms with Crippen molar-refractivity contribution in [1.82, 2.24) is 9.29 Å². The summed E-state index contributed by atoms with van der Waals surface area (Å²) in [6, 6.07) is 10.5. The number of amides is 1. The van der Waals surface area contributed by atoms with Gasteiger partial charge in [0.25, 0.3) is 5.69 Å². The first-order chi connectivity index (χ1) is 15.3. The second-order valence-electron chi connectivity index (χ2n) is 7.27. The quantitative estimate of drug-likeness (QED) is 0.427. The number of carbonyl (C=O) groups is 1. The molecule has 2 heterocycles. The minimum Gasteiger partial charge on any atom is -0.497 e. The number of nitro groups is 1. The maximum Gasteiger partial charge on any atom is 0.270 e. The van der Waals surface area contributed by atoms with Crippen LogP contribution in [0.3, 0.4) is 0 Å². The van der Waals surface area contributed by atoms with Crippen molar-refractivity contribution in [2.75, 3.05) is 25.5 Å². The van der Waals surface area contributed by atoms with Crippen molar-refractivity contribution in [1.29, 1.82) is 0 Å². The number of ether oxygens (including phenoxy) is 1. The summed E-state index contributed by atoms with van der Waals surface area (Å²) in [5.41, 5.74) is 0.528. The molecule has 10 nitrogen and oxygen atoms in total. The van der Waals surface area contributed by atoms with Crippen LogP contribution >= 0.6 is 11.3 Å². The van der Waals surface area contributed by atoms with E-state index in [1.165, 1.54) is 35.7 Å². The summed E-state index contributed by atoms with van der Waals surface area (Å²) < 4.78 is 32.8. The van der Waals surface area contributed by atoms with Crippen LogP contribution in [0.5, 0.6) is 5.75 Å². The number of thiazole rings is 1. The molecule has 32 heavy (non-hydrogen) atoms. The van der Waals surface area contributed by atoms with Crippen molar-refractivity contribution < 1.29 is 22.9 Å². The minimum absolute atomic E-state index is 0.0375. The Bertz CT molecular complexity index is 1260. The van der Waals surface area contributed by atoms with Gasteiger partial charge in [-0.25, -0.2) is 13.4 Å². The van der Waals surface area contributed by atoms with Crippen LogP contribution in [0.1, 0.15) is 12.8 Å². The van der Waals surface area contributed by atoms with Crippen LogP contribution in [-0.2, 0) is 14.8 Å². The number of nitro benzene ring substituents is 1. The predicted molar refractivity (Wildman–Crippen MR) is 119 cm³/mol. The van der Waals surface area contributed by atoms with Gasteiger partial charge in [0.2, 0.25) is 15.9 Å². The lowest BCUT2D eigenvalue weighted by Crippen LogP contribution is -2.41. The van der Waals surface area contributed by atoms with Crippen molar-refractivity contribution >= 4 is 48.3 Å². The zero-order chi connectivity index (χ0) is 22.9. The van der Waals surface area contributed by atoms with Crippen LogP contribution in [0.15, 0.2) is 47.4 Å². The van der Waals surface area contributed by atoms with Crippen molar-refractivity contribution in [2.24, 2.45) is 5.92 Å². The molecule has 0 spiro atoms. The minimum atomic E-state index is -3.64. The Kier molecular flexibility index (Phi) is 6.09. The van der Waals surface area contributed by atoms with E-state index in [9.17, 15) is 23.3 Å². The molecular formula is C20H20N4O6S2. The van der Waals surface area contributed by atoms with Gasteiger partial charge in [0.1, 0.15) is 5.75 Å². The van der Waals surface area contributed by atoms with E-state index >= 15 is 0 Å². The molecule has 3 aromatic rings. The number of fused-ring (bicyclic) bond motifs is 1. The summed E-state index contributed by atoms with van der Waals surface area (Å²) in [6.45, 7) is 0.469. The summed E-state index contributed by atoms with van der Waals surface area (Å²) in [6.07, 6.45) is 0.773. The summed E-state index contributed by atoms with van der Waals surface area (Å²) in [5.74, 6) is -0.0116. The summed E-state index contributed by atoms with van der Waals surface area (Å²) in [5, 5.41) is 14.0. The molecule has 1 fully saturated rings. The molecule has 12 heteroatoms. The first kappa shape index (κ1) is 22.1. The Morgan fingerprint density at radius 3 is 2.53 bits per heavy atom. The summed E-state index contributed by atoms with van der Waals surface area (Å²) in [4.78, 5) is 27.6. The van der Waals surface area contributed by atoms with Gasteiger partial charge in [0, 0.05) is 31.1 Å². The molecule has 168 valence electrons. The molecule has 1 N–H and O–H groups in total. The molecule has 2 aromatic carbocycles. The molecule has 1 aliphatic heterocycles. The van der Waals surface area contributed by atoms with Gasteiger partial charge in [0.05, 0.1) is 27.1 Å². The average Bonchev–Trinajstić information content (AvgIpc) is 3.20. The van der Waals surface area contributed by atoms with Crippen molar-refractivity contribution in [3.05, 3.63) is 52.6 Å². The number of rotatable bonds is 6. The van der Waals surface area contributed by atoms with Crippen LogP contribution < -0.4 is 10.1 Å². The number of hydrogen-bond donors (Lipinski definition) is 1. The fourth-order valence-electron chi connectivity index (χ4n) is 3.54. The smallest absolute Gasteiger partial charge is 0.270 e. The van der Waals surface area contributed by atoms with Gasteiger partial charge in [-0.3, -0.25) is 14.9 Å². The van der Waals surface area contributed by atoms with Crippen LogP contribution in [0.2, 0.25) is 0 Å². The first-order valence-electron chi connectivity index (χ1n) is 9.78. The lowest BCUT2D eigenvalue weighted by atomic mass is 9.97. The third-order valence-electron chi connectivity index (χ3n) is 5.33. The van der Waals surface area contributed by atoms with Gasteiger partial charge in [-0.05, 0) is 43.2 Å². The molecule has 0 atom stereocenters. The van der Waals surface area contributed by atoms with Crippen LogP contribution in [0.25, 0.3) is 10.2 Å². The number of benzene rings is 2. The molecule has 0 aliphatic carbocycles. The molecule has 0 radical (unpaired) electrons. The zero-order valence-electron chi connectivity index (χ0n) is 17.1. The number of piperidine rings is 1. The molecular weight excluding hydrogens is 456 g/mol. The Morgan fingerprint density at radius 2 is 1.91 bits per heavy atom. The third-order valence-corrected chi connectivity index (χ3v) is 8.18. The fraction of sp³-hybridized carbons (Fsp3) is 0.300. The highest BCUT2D eigenvalue weighted by atomic mass is 32.2. The number of nitrogens with one attached hydrogen (secondary N) is 1. The highest BCUT2D eigenvalue weighted by Gasteiger charge is 2.32. The number of carbonyl (C=O) groups excluding carboxylic acids is 1. The standard InChI is InChI=1S/C20H20N4O6S2/c1-30-15-3-5-16(6-4-15)32(28,29)23-10-8-13(9-11-23)19(25)22-20-21-17-7-2-14(24(26)27)12-18(17)31-20/h2-7,12-13H,8-11H2,1H3,(H,21,22,25). The monoisotopic (exact) mass is 476 g/mol. The van der Waals surface area contributed by atoms with E-state index in [0.717, 1.165) is 11.3 Å². The van der Waals surface area contributed by atoms with Crippen LogP contribution in [-0.4, -0.2) is 48.7 Å². The van der Waals surface area contributed by atoms with Gasteiger partial charge in [0.15, 0.2) is 5.13 Å². The lowest BCUT2D eigenvalue weighted by molar-refractivity contribution is -0.384. The number of non-ortho nitro benzene ring substituents is 1. The molecule has 4 rings (SSSR count). The van der Waals surface area contributed by atoms with E-state index in [1.807, 2.05) is 0 Å². The van der Waals surface area contributed by atoms with Gasteiger partial charge in [-0.2, -0.15) is 4.31 Å². The molecule has 0 bridgehead atoms. The van der Waals surface area contributed by atoms with Crippen molar-refractivity contribution in [3.8, 4) is 5.75 Å². The van der Waals surface area contributed by atoms with Crippen molar-refractivity contribution in [3.63, 3.8) is 0 Å². The van der Waals surface area contributed by atoms with Gasteiger partial charge in [-0.1, -0.05) is 11.3 Å². The van der Waals surface area contributed by atoms with E-state index in [1.54, 1.807) is 18.2 Å². The number of methoxy groups -OCH3 is 1. The number of nitrogens with zero attached hydrogens (tertiary/aromatic N) is 3. The first-order valence-corrected chi connectivity index (χ1v) is 12.0. The zero-order valence-corrected chi connectivity index (χ0v) is 18.7. The largest absolute Gasteiger partial charge is 0.497 e. The number of sulfonamides is 1. The Labute approximate surface area is 188 Å². The second-order valence-corrected chi connectivity index (χ2v) is 10.2. The van der Waals surface area contributed by atoms with Gasteiger partial charge in [-0.15, -0.1) is 0 Å². The van der Waals surface area contributed by atoms with Crippen LogP contribution in [0.4, 0.5) is 10.8 Å². The van der Waals surface area contributed by atoms with E-state index in [4.69, 9.17) is 4.74 Å². The Morgan fingerprint density at radius 1 is 1.22 bits per heavy atom. The summed E-state index contributed by atoms with van der Waals surface area (Å²) >= 11 is 1.16. The Balaban J connectivity index is 1.39. The molecule has 1 amide bonds. The fourth-order valence-corrected chi connectivity index (χ4v) is 5.91. The molecule has 1 saturated heterocycles. The number of hydrogen-bond acceptors (Lipinski definition) is 8. The summed E-state index contributed by atoms with van der Waals surface area (Å²) in [7, 11) is -2.13. The van der Waals surface area contributed by atoms with E-state index < -0.39 is 14.9 Å². The van der Waals surface area contributed by atoms with E-state index in [2.05, 4.69) is 10.3 Å². The topological polar surface area (TPSA) is 132 Å². The Hall–Kier alpha value is -3.09. The molecule has 1 aromatic heterocycles. The highest BCUT2D eigenvalue weighted by Crippen LogP contribution is 2.31. The molecule has 1 aliphatic rings. The SMILES string of the molecule is COc1ccc(S(=O)(=O)N2CCC(C(=O)Nc3nc4ccc([N+](=O)[O-])cc4s3)CC2)cc1. The maximum absolute atomic E-state index is 12.9. The number of anilines is 1. The van der Waals surface area contributed by atoms with Crippen molar-refractivity contribution in [2.45, 2.75) is 17.7 Å². The maximum atomic E-state index is 12.9.